The summed E-state index contributed by atoms with van der Waals surface area (Å²) in [7, 11) is 1.26. The Morgan fingerprint density at radius 1 is 1.04 bits per heavy atom. The van der Waals surface area contributed by atoms with E-state index in [4.69, 9.17) is 0 Å². The summed E-state index contributed by atoms with van der Waals surface area (Å²) in [6.07, 6.45) is 1.79. The summed E-state index contributed by atoms with van der Waals surface area (Å²) < 4.78 is 4.56. The van der Waals surface area contributed by atoms with Crippen LogP contribution in [0.5, 0.6) is 0 Å². The van der Waals surface area contributed by atoms with Gasteiger partial charge in [0.2, 0.25) is 11.8 Å². The van der Waals surface area contributed by atoms with Gasteiger partial charge in [-0.15, -0.1) is 0 Å². The normalized spacial score (nSPS) is 21.9. The Morgan fingerprint density at radius 2 is 1.70 bits per heavy atom. The van der Waals surface area contributed by atoms with Crippen LogP contribution in [0.25, 0.3) is 0 Å². The van der Waals surface area contributed by atoms with Gasteiger partial charge in [0.05, 0.1) is 13.0 Å². The van der Waals surface area contributed by atoms with Crippen LogP contribution in [0.15, 0.2) is 0 Å². The number of ether oxygens (including phenoxy) is 1. The molecule has 0 aromatic rings. The van der Waals surface area contributed by atoms with Crippen molar-refractivity contribution in [3.05, 3.63) is 0 Å². The molecular formula is C16H29N3O4. The van der Waals surface area contributed by atoms with E-state index in [1.807, 2.05) is 27.7 Å². The van der Waals surface area contributed by atoms with Crippen LogP contribution in [0, 0.1) is 11.8 Å². The van der Waals surface area contributed by atoms with Gasteiger partial charge < -0.3 is 20.7 Å². The molecule has 1 saturated carbocycles. The van der Waals surface area contributed by atoms with Crippen molar-refractivity contribution < 1.29 is 19.1 Å². The number of rotatable bonds is 6. The number of carbonyl (C=O) groups is 3. The first-order valence-electron chi connectivity index (χ1n) is 8.21. The number of amides is 3. The summed E-state index contributed by atoms with van der Waals surface area (Å²) >= 11 is 0. The summed E-state index contributed by atoms with van der Waals surface area (Å²) in [4.78, 5) is 36.1. The lowest BCUT2D eigenvalue weighted by atomic mass is 9.99. The summed E-state index contributed by atoms with van der Waals surface area (Å²) in [6, 6.07) is -0.803. The fourth-order valence-electron chi connectivity index (χ4n) is 2.83. The van der Waals surface area contributed by atoms with Gasteiger partial charge in [-0.2, -0.15) is 0 Å². The predicted octanol–water partition coefficient (Wildman–Crippen LogP) is 1.18. The SMILES string of the molecule is COC(=O)N[C@H](C(=O)N[C@H]1CCC[C@@H]1C(=O)NC(C)C)C(C)C. The standard InChI is InChI=1S/C16H29N3O4/c1-9(2)13(19-16(22)23-5)15(21)18-12-8-6-7-11(12)14(20)17-10(3)4/h9-13H,6-8H2,1-5H3,(H,17,20)(H,18,21)(H,19,22)/t11-,12-,13-/m0/s1. The largest absolute Gasteiger partial charge is 0.453 e. The molecule has 0 saturated heterocycles. The van der Waals surface area contributed by atoms with E-state index in [-0.39, 0.29) is 35.7 Å². The molecule has 3 N–H and O–H groups in total. The Labute approximate surface area is 137 Å². The van der Waals surface area contributed by atoms with Crippen LogP contribution >= 0.6 is 0 Å². The van der Waals surface area contributed by atoms with Crippen LogP contribution in [0.4, 0.5) is 4.79 Å². The molecule has 1 rings (SSSR count). The van der Waals surface area contributed by atoms with Crippen molar-refractivity contribution in [2.45, 2.75) is 65.1 Å². The van der Waals surface area contributed by atoms with Crippen LogP contribution in [0.1, 0.15) is 47.0 Å². The highest BCUT2D eigenvalue weighted by atomic mass is 16.5. The molecule has 7 heteroatoms. The zero-order valence-corrected chi connectivity index (χ0v) is 14.6. The summed E-state index contributed by atoms with van der Waals surface area (Å²) in [6.45, 7) is 7.51. The molecule has 23 heavy (non-hydrogen) atoms. The van der Waals surface area contributed by atoms with E-state index < -0.39 is 12.1 Å². The molecule has 0 aromatic carbocycles. The van der Waals surface area contributed by atoms with Crippen LogP contribution < -0.4 is 16.0 Å². The maximum atomic E-state index is 12.5. The highest BCUT2D eigenvalue weighted by Crippen LogP contribution is 2.26. The lowest BCUT2D eigenvalue weighted by Gasteiger charge is -2.26. The zero-order valence-electron chi connectivity index (χ0n) is 14.6. The van der Waals surface area contributed by atoms with Gasteiger partial charge in [0.1, 0.15) is 6.04 Å². The van der Waals surface area contributed by atoms with Gasteiger partial charge >= 0.3 is 6.09 Å². The van der Waals surface area contributed by atoms with E-state index in [1.165, 1.54) is 7.11 Å². The predicted molar refractivity (Wildman–Crippen MR) is 86.7 cm³/mol. The average molecular weight is 327 g/mol. The molecule has 0 spiro atoms. The molecule has 1 aliphatic carbocycles. The Kier molecular flexibility index (Phi) is 7.32. The molecule has 0 aromatic heterocycles. The van der Waals surface area contributed by atoms with Crippen molar-refractivity contribution in [1.82, 2.24) is 16.0 Å². The molecule has 1 aliphatic rings. The number of alkyl carbamates (subject to hydrolysis) is 1. The number of methoxy groups -OCH3 is 1. The van der Waals surface area contributed by atoms with Gasteiger partial charge in [-0.3, -0.25) is 9.59 Å². The monoisotopic (exact) mass is 327 g/mol. The second-order valence-corrected chi connectivity index (χ2v) is 6.67. The van der Waals surface area contributed by atoms with Gasteiger partial charge in [0.15, 0.2) is 0 Å². The summed E-state index contributed by atoms with van der Waals surface area (Å²) in [5.74, 6) is -0.602. The average Bonchev–Trinajstić information content (AvgIpc) is 2.91. The number of hydrogen-bond donors (Lipinski definition) is 3. The minimum absolute atomic E-state index is 0.0233. The third-order valence-electron chi connectivity index (χ3n) is 4.02. The lowest BCUT2D eigenvalue weighted by molar-refractivity contribution is -0.128. The molecule has 7 nitrogen and oxygen atoms in total. The van der Waals surface area contributed by atoms with E-state index in [0.717, 1.165) is 19.3 Å². The molecule has 132 valence electrons. The van der Waals surface area contributed by atoms with Gasteiger partial charge in [-0.1, -0.05) is 20.3 Å². The second kappa shape index (κ2) is 8.74. The lowest BCUT2D eigenvalue weighted by Crippen LogP contribution is -2.54. The third kappa shape index (κ3) is 5.73. The van der Waals surface area contributed by atoms with Crippen LogP contribution in [-0.2, 0) is 14.3 Å². The zero-order chi connectivity index (χ0) is 17.6. The first-order valence-corrected chi connectivity index (χ1v) is 8.21. The maximum Gasteiger partial charge on any atom is 0.407 e. The Balaban J connectivity index is 2.69. The quantitative estimate of drug-likeness (QED) is 0.682. The van der Waals surface area contributed by atoms with Gasteiger partial charge in [0.25, 0.3) is 0 Å². The topological polar surface area (TPSA) is 96.5 Å². The minimum Gasteiger partial charge on any atom is -0.453 e. The van der Waals surface area contributed by atoms with Crippen molar-refractivity contribution in [3.63, 3.8) is 0 Å². The smallest absolute Gasteiger partial charge is 0.407 e. The van der Waals surface area contributed by atoms with E-state index in [2.05, 4.69) is 20.7 Å². The van der Waals surface area contributed by atoms with Crippen LogP contribution in [0.3, 0.4) is 0 Å². The van der Waals surface area contributed by atoms with Gasteiger partial charge in [-0.25, -0.2) is 4.79 Å². The maximum absolute atomic E-state index is 12.5. The number of carbonyl (C=O) groups excluding carboxylic acids is 3. The van der Waals surface area contributed by atoms with Crippen molar-refractivity contribution in [3.8, 4) is 0 Å². The van der Waals surface area contributed by atoms with Crippen LogP contribution in [-0.4, -0.2) is 43.1 Å². The molecule has 0 heterocycles. The molecule has 0 bridgehead atoms. The Bertz CT molecular complexity index is 437. The number of nitrogens with one attached hydrogen (secondary N) is 3. The van der Waals surface area contributed by atoms with Crippen LogP contribution in [0.2, 0.25) is 0 Å². The van der Waals surface area contributed by atoms with Crippen molar-refractivity contribution in [2.75, 3.05) is 7.11 Å². The van der Waals surface area contributed by atoms with Gasteiger partial charge in [-0.05, 0) is 32.6 Å². The van der Waals surface area contributed by atoms with Crippen molar-refractivity contribution >= 4 is 17.9 Å². The molecule has 1 fully saturated rings. The van der Waals surface area contributed by atoms with E-state index in [9.17, 15) is 14.4 Å². The van der Waals surface area contributed by atoms with Crippen molar-refractivity contribution in [1.29, 1.82) is 0 Å². The molecule has 0 aliphatic heterocycles. The summed E-state index contributed by atoms with van der Waals surface area (Å²) in [5.41, 5.74) is 0. The van der Waals surface area contributed by atoms with E-state index >= 15 is 0 Å². The minimum atomic E-state index is -0.683. The molecule has 0 unspecified atom stereocenters. The first kappa shape index (κ1) is 19.3. The fourth-order valence-corrected chi connectivity index (χ4v) is 2.83. The molecule has 0 radical (unpaired) electrons. The molecular weight excluding hydrogens is 298 g/mol. The Hall–Kier alpha value is -1.79. The van der Waals surface area contributed by atoms with E-state index in [0.29, 0.717) is 0 Å². The van der Waals surface area contributed by atoms with Gasteiger partial charge in [0, 0.05) is 12.1 Å². The summed E-state index contributed by atoms with van der Waals surface area (Å²) in [5, 5.41) is 8.37. The number of hydrogen-bond acceptors (Lipinski definition) is 4. The second-order valence-electron chi connectivity index (χ2n) is 6.67. The fraction of sp³-hybridized carbons (Fsp3) is 0.812. The highest BCUT2D eigenvalue weighted by Gasteiger charge is 2.36. The third-order valence-corrected chi connectivity index (χ3v) is 4.02. The first-order chi connectivity index (χ1) is 10.8. The molecule has 3 atom stereocenters. The Morgan fingerprint density at radius 3 is 2.22 bits per heavy atom. The highest BCUT2D eigenvalue weighted by molar-refractivity contribution is 5.87. The van der Waals surface area contributed by atoms with Crippen molar-refractivity contribution in [2.24, 2.45) is 11.8 Å². The van der Waals surface area contributed by atoms with E-state index in [1.54, 1.807) is 0 Å². The molecule has 3 amide bonds.